The van der Waals surface area contributed by atoms with Crippen LogP contribution in [0.5, 0.6) is 0 Å². The topological polar surface area (TPSA) is 78.0 Å². The lowest BCUT2D eigenvalue weighted by Gasteiger charge is -2.22. The molecule has 0 amide bonds. The summed E-state index contributed by atoms with van der Waals surface area (Å²) in [7, 11) is -3.69. The maximum absolute atomic E-state index is 11.4. The Balaban J connectivity index is 2.69. The summed E-state index contributed by atoms with van der Waals surface area (Å²) >= 11 is 0. The Bertz CT molecular complexity index is 490. The van der Waals surface area contributed by atoms with Gasteiger partial charge in [-0.1, -0.05) is 6.92 Å². The van der Waals surface area contributed by atoms with Crippen molar-refractivity contribution in [3.8, 4) is 0 Å². The van der Waals surface area contributed by atoms with Gasteiger partial charge in [0, 0.05) is 6.54 Å². The van der Waals surface area contributed by atoms with Crippen molar-refractivity contribution in [1.82, 2.24) is 9.55 Å². The molecule has 0 aromatic carbocycles. The van der Waals surface area contributed by atoms with Crippen molar-refractivity contribution in [1.29, 1.82) is 0 Å². The van der Waals surface area contributed by atoms with E-state index in [4.69, 9.17) is 5.14 Å². The molecule has 0 saturated heterocycles. The molecule has 1 atom stereocenters. The van der Waals surface area contributed by atoms with Crippen LogP contribution in [0.4, 0.5) is 0 Å². The van der Waals surface area contributed by atoms with Crippen LogP contribution in [0.2, 0.25) is 0 Å². The molecule has 1 aromatic rings. The first-order valence-corrected chi connectivity index (χ1v) is 6.55. The largest absolute Gasteiger partial charge is 0.331 e. The SMILES string of the molecule is Cc1nc(S(N)(=O)=O)c2n1CCCC2C. The van der Waals surface area contributed by atoms with Gasteiger partial charge < -0.3 is 4.57 Å². The fraction of sp³-hybridized carbons (Fsp3) is 0.667. The molecule has 0 radical (unpaired) electrons. The van der Waals surface area contributed by atoms with Crippen LogP contribution in [0.15, 0.2) is 5.03 Å². The maximum atomic E-state index is 11.4. The lowest BCUT2D eigenvalue weighted by atomic mass is 9.99. The van der Waals surface area contributed by atoms with Crippen molar-refractivity contribution < 1.29 is 8.42 Å². The van der Waals surface area contributed by atoms with Crippen LogP contribution in [0.3, 0.4) is 0 Å². The van der Waals surface area contributed by atoms with Gasteiger partial charge in [-0.15, -0.1) is 0 Å². The van der Waals surface area contributed by atoms with E-state index >= 15 is 0 Å². The summed E-state index contributed by atoms with van der Waals surface area (Å²) in [6.07, 6.45) is 2.06. The molecule has 0 bridgehead atoms. The summed E-state index contributed by atoms with van der Waals surface area (Å²) < 4.78 is 24.7. The number of primary sulfonamides is 1. The van der Waals surface area contributed by atoms with Crippen LogP contribution in [-0.2, 0) is 16.6 Å². The Kier molecular flexibility index (Phi) is 2.35. The zero-order chi connectivity index (χ0) is 11.2. The number of hydrogen-bond acceptors (Lipinski definition) is 3. The third kappa shape index (κ3) is 1.68. The molecule has 0 fully saturated rings. The monoisotopic (exact) mass is 229 g/mol. The summed E-state index contributed by atoms with van der Waals surface area (Å²) in [6.45, 7) is 4.67. The molecule has 1 aromatic heterocycles. The van der Waals surface area contributed by atoms with Crippen LogP contribution in [0.1, 0.15) is 37.2 Å². The van der Waals surface area contributed by atoms with Gasteiger partial charge in [-0.25, -0.2) is 18.5 Å². The third-order valence-corrected chi connectivity index (χ3v) is 3.76. The number of sulfonamides is 1. The summed E-state index contributed by atoms with van der Waals surface area (Å²) in [5.41, 5.74) is 0.779. The van der Waals surface area contributed by atoms with Crippen LogP contribution >= 0.6 is 0 Å². The van der Waals surface area contributed by atoms with E-state index in [1.165, 1.54) is 0 Å². The van der Waals surface area contributed by atoms with Crippen molar-refractivity contribution in [2.45, 2.75) is 44.2 Å². The fourth-order valence-electron chi connectivity index (χ4n) is 2.22. The van der Waals surface area contributed by atoms with E-state index in [2.05, 4.69) is 4.98 Å². The van der Waals surface area contributed by atoms with Gasteiger partial charge in [0.2, 0.25) is 0 Å². The summed E-state index contributed by atoms with van der Waals surface area (Å²) in [5.74, 6) is 0.953. The molecular formula is C9H15N3O2S. The molecule has 15 heavy (non-hydrogen) atoms. The second-order valence-electron chi connectivity index (χ2n) is 4.09. The van der Waals surface area contributed by atoms with Crippen LogP contribution in [0.25, 0.3) is 0 Å². The van der Waals surface area contributed by atoms with Gasteiger partial charge in [0.05, 0.1) is 5.69 Å². The number of fused-ring (bicyclic) bond motifs is 1. The smallest absolute Gasteiger partial charge is 0.257 e. The van der Waals surface area contributed by atoms with Crippen LogP contribution < -0.4 is 5.14 Å². The zero-order valence-electron chi connectivity index (χ0n) is 8.90. The molecule has 6 heteroatoms. The van der Waals surface area contributed by atoms with Crippen molar-refractivity contribution in [3.05, 3.63) is 11.5 Å². The van der Waals surface area contributed by atoms with Crippen LogP contribution in [-0.4, -0.2) is 18.0 Å². The highest BCUT2D eigenvalue weighted by Crippen LogP contribution is 2.31. The summed E-state index contributed by atoms with van der Waals surface area (Å²) in [5, 5.41) is 5.22. The Morgan fingerprint density at radius 2 is 2.20 bits per heavy atom. The third-order valence-electron chi connectivity index (χ3n) is 2.92. The Morgan fingerprint density at radius 1 is 1.53 bits per heavy atom. The van der Waals surface area contributed by atoms with E-state index < -0.39 is 10.0 Å². The number of nitrogens with two attached hydrogens (primary N) is 1. The van der Waals surface area contributed by atoms with Crippen molar-refractivity contribution in [2.75, 3.05) is 0 Å². The molecule has 2 rings (SSSR count). The molecule has 0 aliphatic carbocycles. The first-order valence-electron chi connectivity index (χ1n) is 5.01. The number of aromatic nitrogens is 2. The first kappa shape index (κ1) is 10.6. The molecule has 0 saturated carbocycles. The molecule has 2 N–H and O–H groups in total. The predicted octanol–water partition coefficient (Wildman–Crippen LogP) is 0.736. The van der Waals surface area contributed by atoms with Gasteiger partial charge in [-0.2, -0.15) is 0 Å². The lowest BCUT2D eigenvalue weighted by Crippen LogP contribution is -2.20. The van der Waals surface area contributed by atoms with E-state index in [0.717, 1.165) is 30.9 Å². The summed E-state index contributed by atoms with van der Waals surface area (Å²) in [6, 6.07) is 0. The van der Waals surface area contributed by atoms with Gasteiger partial charge in [-0.05, 0) is 25.7 Å². The van der Waals surface area contributed by atoms with Crippen LogP contribution in [0, 0.1) is 6.92 Å². The lowest BCUT2D eigenvalue weighted by molar-refractivity contribution is 0.460. The molecule has 1 aliphatic rings. The van der Waals surface area contributed by atoms with E-state index in [-0.39, 0.29) is 10.9 Å². The van der Waals surface area contributed by atoms with Crippen molar-refractivity contribution in [3.63, 3.8) is 0 Å². The average molecular weight is 229 g/mol. The standard InChI is InChI=1S/C9H15N3O2S/c1-6-4-3-5-12-7(2)11-9(8(6)12)15(10,13)14/h6H,3-5H2,1-2H3,(H2,10,13,14). The van der Waals surface area contributed by atoms with Crippen molar-refractivity contribution in [2.24, 2.45) is 5.14 Å². The van der Waals surface area contributed by atoms with Gasteiger partial charge in [0.15, 0.2) is 5.03 Å². The minimum Gasteiger partial charge on any atom is -0.331 e. The van der Waals surface area contributed by atoms with Gasteiger partial charge in [0.1, 0.15) is 5.82 Å². The number of imidazole rings is 1. The molecule has 1 unspecified atom stereocenters. The molecular weight excluding hydrogens is 214 g/mol. The molecule has 0 spiro atoms. The van der Waals surface area contributed by atoms with Gasteiger partial charge in [-0.3, -0.25) is 0 Å². The Hall–Kier alpha value is -0.880. The van der Waals surface area contributed by atoms with Crippen molar-refractivity contribution >= 4 is 10.0 Å². The number of aryl methyl sites for hydroxylation is 1. The molecule has 5 nitrogen and oxygen atoms in total. The Morgan fingerprint density at radius 3 is 2.80 bits per heavy atom. The first-order chi connectivity index (χ1) is 6.91. The highest BCUT2D eigenvalue weighted by Gasteiger charge is 2.28. The predicted molar refractivity (Wildman–Crippen MR) is 56.0 cm³/mol. The second-order valence-corrected chi connectivity index (χ2v) is 5.57. The minimum atomic E-state index is -3.69. The highest BCUT2D eigenvalue weighted by atomic mass is 32.2. The summed E-state index contributed by atoms with van der Waals surface area (Å²) in [4.78, 5) is 4.06. The normalized spacial score (nSPS) is 21.4. The number of nitrogens with zero attached hydrogens (tertiary/aromatic N) is 2. The van der Waals surface area contributed by atoms with Gasteiger partial charge >= 0.3 is 0 Å². The Labute approximate surface area is 89.4 Å². The molecule has 2 heterocycles. The molecule has 84 valence electrons. The van der Waals surface area contributed by atoms with E-state index in [1.807, 2.05) is 18.4 Å². The second kappa shape index (κ2) is 3.31. The molecule has 1 aliphatic heterocycles. The van der Waals surface area contributed by atoms with Gasteiger partial charge in [0.25, 0.3) is 10.0 Å². The maximum Gasteiger partial charge on any atom is 0.257 e. The quantitative estimate of drug-likeness (QED) is 0.771. The van der Waals surface area contributed by atoms with E-state index in [0.29, 0.717) is 0 Å². The fourth-order valence-corrected chi connectivity index (χ4v) is 3.08. The average Bonchev–Trinajstić information content (AvgIpc) is 2.45. The zero-order valence-corrected chi connectivity index (χ0v) is 9.71. The minimum absolute atomic E-state index is 0.0622. The van der Waals surface area contributed by atoms with E-state index in [1.54, 1.807) is 0 Å². The van der Waals surface area contributed by atoms with E-state index in [9.17, 15) is 8.42 Å². The number of hydrogen-bond donors (Lipinski definition) is 1. The number of rotatable bonds is 1. The highest BCUT2D eigenvalue weighted by molar-refractivity contribution is 7.89.